The molecule has 0 atom stereocenters. The van der Waals surface area contributed by atoms with Gasteiger partial charge in [-0.2, -0.15) is 10.00 Å². The Morgan fingerprint density at radius 3 is 1.83 bits per heavy atom. The number of nitrogens with zero attached hydrogens (tertiary/aromatic N) is 3. The van der Waals surface area contributed by atoms with Gasteiger partial charge in [0.25, 0.3) is 0 Å². The van der Waals surface area contributed by atoms with E-state index in [9.17, 15) is 9.59 Å². The fourth-order valence-electron chi connectivity index (χ4n) is 2.17. The van der Waals surface area contributed by atoms with Gasteiger partial charge in [-0.05, 0) is 59.7 Å². The van der Waals surface area contributed by atoms with Gasteiger partial charge < -0.3 is 13.9 Å². The van der Waals surface area contributed by atoms with Crippen LogP contribution in [0.4, 0.5) is 15.4 Å². The molecule has 0 fully saturated rings. The molecule has 1 aromatic heterocycles. The summed E-state index contributed by atoms with van der Waals surface area (Å²) >= 11 is 0. The molecule has 0 saturated heterocycles. The molecule has 8 nitrogen and oxygen atoms in total. The molecule has 0 spiro atoms. The molecule has 0 bridgehead atoms. The van der Waals surface area contributed by atoms with E-state index in [1.54, 1.807) is 52.3 Å². The number of rotatable bonds is 5. The number of ether oxygens (including phenoxy) is 2. The molecular formula is C21H39N3O5Si. The molecule has 9 heteroatoms. The van der Waals surface area contributed by atoms with E-state index >= 15 is 0 Å². The lowest BCUT2D eigenvalue weighted by atomic mass is 10.2. The first-order chi connectivity index (χ1) is 13.3. The number of imide groups is 1. The molecule has 0 saturated carbocycles. The number of amides is 2. The number of carbonyl (C=O) groups is 2. The maximum absolute atomic E-state index is 12.8. The zero-order chi connectivity index (χ0) is 23.5. The Balaban J connectivity index is 3.11. The summed E-state index contributed by atoms with van der Waals surface area (Å²) < 4.78 is 18.6. The van der Waals surface area contributed by atoms with Crippen molar-refractivity contribution in [3.05, 3.63) is 12.3 Å². The van der Waals surface area contributed by atoms with E-state index in [2.05, 4.69) is 39.0 Å². The van der Waals surface area contributed by atoms with E-state index in [1.807, 2.05) is 0 Å². The number of carbonyl (C=O) groups excluding carboxylic acids is 2. The van der Waals surface area contributed by atoms with E-state index in [1.165, 1.54) is 6.20 Å². The maximum Gasteiger partial charge on any atom is 0.425 e. The number of anilines is 1. The summed E-state index contributed by atoms with van der Waals surface area (Å²) in [7, 11) is -1.93. The fourth-order valence-corrected chi connectivity index (χ4v) is 3.20. The zero-order valence-electron chi connectivity index (χ0n) is 20.5. The first-order valence-electron chi connectivity index (χ1n) is 10.3. The van der Waals surface area contributed by atoms with Crippen molar-refractivity contribution in [2.24, 2.45) is 0 Å². The molecule has 30 heavy (non-hydrogen) atoms. The summed E-state index contributed by atoms with van der Waals surface area (Å²) in [4.78, 5) is 26.6. The quantitative estimate of drug-likeness (QED) is 0.555. The summed E-state index contributed by atoms with van der Waals surface area (Å²) in [6.07, 6.45) is -0.101. The Hall–Kier alpha value is -1.87. The fraction of sp³-hybridized carbons (Fsp3) is 0.762. The van der Waals surface area contributed by atoms with Crippen LogP contribution >= 0.6 is 0 Å². The highest BCUT2D eigenvalue weighted by atomic mass is 28.4. The molecule has 0 N–H and O–H groups in total. The summed E-state index contributed by atoms with van der Waals surface area (Å²) in [5.41, 5.74) is -1.54. The van der Waals surface area contributed by atoms with Gasteiger partial charge in [-0.25, -0.2) is 14.3 Å². The minimum Gasteiger partial charge on any atom is -0.443 e. The molecule has 0 aliphatic heterocycles. The molecule has 0 aliphatic carbocycles. The van der Waals surface area contributed by atoms with Crippen molar-refractivity contribution in [2.45, 2.75) is 98.2 Å². The van der Waals surface area contributed by atoms with Crippen LogP contribution in [0.25, 0.3) is 0 Å². The van der Waals surface area contributed by atoms with Crippen molar-refractivity contribution in [2.75, 3.05) is 11.5 Å². The Bertz CT molecular complexity index is 711. The minimum absolute atomic E-state index is 0.0824. The zero-order valence-corrected chi connectivity index (χ0v) is 21.5. The van der Waals surface area contributed by atoms with E-state index in [4.69, 9.17) is 13.9 Å². The highest BCUT2D eigenvalue weighted by Crippen LogP contribution is 2.36. The smallest absolute Gasteiger partial charge is 0.425 e. The maximum atomic E-state index is 12.8. The average molecular weight is 442 g/mol. The van der Waals surface area contributed by atoms with E-state index in [0.29, 0.717) is 13.2 Å². The number of hydrogen-bond donors (Lipinski definition) is 0. The molecule has 1 aromatic rings. The third-order valence-corrected chi connectivity index (χ3v) is 9.19. The van der Waals surface area contributed by atoms with E-state index < -0.39 is 31.7 Å². The van der Waals surface area contributed by atoms with Crippen molar-refractivity contribution in [1.29, 1.82) is 0 Å². The summed E-state index contributed by atoms with van der Waals surface area (Å²) in [6.45, 7) is 22.1. The average Bonchev–Trinajstić information content (AvgIpc) is 2.90. The van der Waals surface area contributed by atoms with Crippen molar-refractivity contribution in [3.8, 4) is 0 Å². The predicted octanol–water partition coefficient (Wildman–Crippen LogP) is 5.58. The highest BCUT2D eigenvalue weighted by molar-refractivity contribution is 6.74. The number of hydrogen-bond acceptors (Lipinski definition) is 6. The van der Waals surface area contributed by atoms with Crippen molar-refractivity contribution in [3.63, 3.8) is 0 Å². The first kappa shape index (κ1) is 26.2. The summed E-state index contributed by atoms with van der Waals surface area (Å²) in [5, 5.41) is 4.35. The SMILES string of the molecule is CC(C)(C)OC(=O)N(C(=O)OC(C)(C)C)c1ccnn1CCO[Si](C)(C)C(C)(C)C. The third-order valence-electron chi connectivity index (χ3n) is 4.65. The van der Waals surface area contributed by atoms with Crippen molar-refractivity contribution < 1.29 is 23.5 Å². The van der Waals surface area contributed by atoms with Crippen LogP contribution in [0.3, 0.4) is 0 Å². The minimum atomic E-state index is -1.93. The largest absolute Gasteiger partial charge is 0.443 e. The van der Waals surface area contributed by atoms with Gasteiger partial charge >= 0.3 is 12.2 Å². The summed E-state index contributed by atoms with van der Waals surface area (Å²) in [6, 6.07) is 1.58. The van der Waals surface area contributed by atoms with Crippen molar-refractivity contribution in [1.82, 2.24) is 9.78 Å². The molecule has 172 valence electrons. The van der Waals surface area contributed by atoms with Gasteiger partial charge in [0.15, 0.2) is 8.32 Å². The topological polar surface area (TPSA) is 82.9 Å². The molecular weight excluding hydrogens is 402 g/mol. The van der Waals surface area contributed by atoms with Gasteiger partial charge in [-0.1, -0.05) is 20.8 Å². The standard InChI is InChI=1S/C21H39N3O5Si/c1-19(2,3)28-17(25)24(18(26)29-20(4,5)6)16-12-13-22-23(16)14-15-27-30(10,11)21(7,8)9/h12-13H,14-15H2,1-11H3. The van der Waals surface area contributed by atoms with Gasteiger partial charge in [-0.15, -0.1) is 0 Å². The normalized spacial score (nSPS) is 13.2. The second-order valence-corrected chi connectivity index (χ2v) is 15.6. The third kappa shape index (κ3) is 7.75. The molecule has 0 aliphatic rings. The number of aromatic nitrogens is 2. The Kier molecular flexibility index (Phi) is 7.93. The highest BCUT2D eigenvalue weighted by Gasteiger charge is 2.37. The van der Waals surface area contributed by atoms with Crippen LogP contribution in [0, 0.1) is 0 Å². The van der Waals surface area contributed by atoms with Crippen LogP contribution < -0.4 is 4.90 Å². The Labute approximate surface area is 182 Å². The van der Waals surface area contributed by atoms with Gasteiger partial charge in [0.2, 0.25) is 0 Å². The monoisotopic (exact) mass is 441 g/mol. The molecule has 1 rings (SSSR count). The molecule has 0 radical (unpaired) electrons. The van der Waals surface area contributed by atoms with E-state index in [0.717, 1.165) is 4.90 Å². The van der Waals surface area contributed by atoms with E-state index in [-0.39, 0.29) is 10.9 Å². The van der Waals surface area contributed by atoms with Crippen molar-refractivity contribution >= 4 is 26.3 Å². The van der Waals surface area contributed by atoms with Gasteiger partial charge in [0, 0.05) is 6.07 Å². The van der Waals surface area contributed by atoms with Crippen LogP contribution in [0.15, 0.2) is 12.3 Å². The van der Waals surface area contributed by atoms with Crippen LogP contribution in [0.2, 0.25) is 18.1 Å². The summed E-state index contributed by atoms with van der Waals surface area (Å²) in [5.74, 6) is 0.275. The van der Waals surface area contributed by atoms with Crippen LogP contribution in [0.5, 0.6) is 0 Å². The molecule has 1 heterocycles. The lowest BCUT2D eigenvalue weighted by molar-refractivity contribution is 0.0426. The lowest BCUT2D eigenvalue weighted by Gasteiger charge is -2.36. The van der Waals surface area contributed by atoms with Crippen LogP contribution in [0.1, 0.15) is 62.3 Å². The predicted molar refractivity (Wildman–Crippen MR) is 120 cm³/mol. The Morgan fingerprint density at radius 1 is 0.967 bits per heavy atom. The molecule has 2 amide bonds. The Morgan fingerprint density at radius 2 is 1.43 bits per heavy atom. The lowest BCUT2D eigenvalue weighted by Crippen LogP contribution is -2.45. The second kappa shape index (κ2) is 9.09. The molecule has 0 aromatic carbocycles. The van der Waals surface area contributed by atoms with Gasteiger partial charge in [0.05, 0.1) is 19.3 Å². The second-order valence-electron chi connectivity index (χ2n) is 10.8. The van der Waals surface area contributed by atoms with Gasteiger partial charge in [-0.3, -0.25) is 0 Å². The van der Waals surface area contributed by atoms with Gasteiger partial charge in [0.1, 0.15) is 17.0 Å². The van der Waals surface area contributed by atoms with Crippen LogP contribution in [-0.2, 0) is 20.4 Å². The first-order valence-corrected chi connectivity index (χ1v) is 13.2. The van der Waals surface area contributed by atoms with Crippen LogP contribution in [-0.4, -0.2) is 48.1 Å². The molecule has 0 unspecified atom stereocenters.